The molecule has 0 spiro atoms. The first-order valence-electron chi connectivity index (χ1n) is 13.3. The summed E-state index contributed by atoms with van der Waals surface area (Å²) in [7, 11) is -2.25. The number of carbonyl (C=O) groups is 1. The van der Waals surface area contributed by atoms with E-state index in [0.29, 0.717) is 17.4 Å². The maximum absolute atomic E-state index is 12.7. The van der Waals surface area contributed by atoms with E-state index in [-0.39, 0.29) is 33.6 Å². The van der Waals surface area contributed by atoms with Gasteiger partial charge in [0.15, 0.2) is 20.7 Å². The number of nitrogens with two attached hydrogens (primary N) is 1. The van der Waals surface area contributed by atoms with Crippen LogP contribution in [0.1, 0.15) is 56.6 Å². The van der Waals surface area contributed by atoms with Crippen molar-refractivity contribution < 1.29 is 17.9 Å². The predicted octanol–water partition coefficient (Wildman–Crippen LogP) is 4.12. The summed E-state index contributed by atoms with van der Waals surface area (Å²) in [5.41, 5.74) is 9.09. The van der Waals surface area contributed by atoms with Crippen molar-refractivity contribution in [1.82, 2.24) is 14.9 Å². The van der Waals surface area contributed by atoms with Gasteiger partial charge in [-0.2, -0.15) is 4.98 Å². The van der Waals surface area contributed by atoms with Gasteiger partial charge in [-0.1, -0.05) is 11.6 Å². The fourth-order valence-corrected chi connectivity index (χ4v) is 5.53. The minimum atomic E-state index is -3.76. The molecule has 1 amide bonds. The number of hydrogen-bond acceptors (Lipinski definition) is 10. The Morgan fingerprint density at radius 3 is 2.55 bits per heavy atom. The normalized spacial score (nSPS) is 17.2. The van der Waals surface area contributed by atoms with E-state index in [4.69, 9.17) is 22.1 Å². The predicted molar refractivity (Wildman–Crippen MR) is 158 cm³/mol. The van der Waals surface area contributed by atoms with Gasteiger partial charge >= 0.3 is 0 Å². The minimum absolute atomic E-state index is 0.0568. The lowest BCUT2D eigenvalue weighted by atomic mass is 9.86. The van der Waals surface area contributed by atoms with Crippen molar-refractivity contribution in [1.29, 1.82) is 0 Å². The molecule has 2 fully saturated rings. The summed E-state index contributed by atoms with van der Waals surface area (Å²) in [4.78, 5) is 25.7. The summed E-state index contributed by atoms with van der Waals surface area (Å²) >= 11 is 6.36. The average molecular weight is 590 g/mol. The Balaban J connectivity index is 1.64. The van der Waals surface area contributed by atoms with E-state index in [0.717, 1.165) is 50.7 Å². The fourth-order valence-electron chi connectivity index (χ4n) is 4.48. The second-order valence-corrected chi connectivity index (χ2v) is 13.2. The number of amides is 1. The Morgan fingerprint density at radius 2 is 1.95 bits per heavy atom. The van der Waals surface area contributed by atoms with E-state index >= 15 is 0 Å². The first kappa shape index (κ1) is 29.6. The Kier molecular flexibility index (Phi) is 9.19. The van der Waals surface area contributed by atoms with Gasteiger partial charge in [-0.25, -0.2) is 13.4 Å². The van der Waals surface area contributed by atoms with E-state index in [1.807, 2.05) is 11.0 Å². The molecule has 2 aliphatic rings. The minimum Gasteiger partial charge on any atom is -0.488 e. The van der Waals surface area contributed by atoms with E-state index in [2.05, 4.69) is 38.6 Å². The van der Waals surface area contributed by atoms with Gasteiger partial charge in [0.1, 0.15) is 10.8 Å². The lowest BCUT2D eigenvalue weighted by Crippen LogP contribution is -2.31. The maximum atomic E-state index is 12.7. The van der Waals surface area contributed by atoms with Gasteiger partial charge in [0.05, 0.1) is 28.9 Å². The lowest BCUT2D eigenvalue weighted by molar-refractivity contribution is -0.119. The molecule has 11 nitrogen and oxygen atoms in total. The molecule has 1 aromatic carbocycles. The van der Waals surface area contributed by atoms with Gasteiger partial charge in [0.25, 0.3) is 0 Å². The van der Waals surface area contributed by atoms with Gasteiger partial charge in [-0.15, -0.1) is 0 Å². The molecule has 4 rings (SSSR count). The zero-order valence-electron chi connectivity index (χ0n) is 23.1. The first-order chi connectivity index (χ1) is 19.0. The Labute approximate surface area is 240 Å². The van der Waals surface area contributed by atoms with Crippen LogP contribution in [0.5, 0.6) is 5.75 Å². The van der Waals surface area contributed by atoms with Crippen LogP contribution in [0.2, 0.25) is 5.02 Å². The van der Waals surface area contributed by atoms with Crippen molar-refractivity contribution >= 4 is 51.5 Å². The molecule has 2 heterocycles. The molecule has 1 aromatic heterocycles. The van der Waals surface area contributed by atoms with Gasteiger partial charge in [0, 0.05) is 26.4 Å². The number of sulfone groups is 1. The molecule has 0 bridgehead atoms. The molecule has 1 aliphatic carbocycles. The Hall–Kier alpha value is -3.38. The Morgan fingerprint density at radius 1 is 1.25 bits per heavy atom. The van der Waals surface area contributed by atoms with Crippen molar-refractivity contribution in [2.75, 3.05) is 30.8 Å². The number of nitrogens with one attached hydrogen (secondary N) is 2. The van der Waals surface area contributed by atoms with Crippen LogP contribution in [0.3, 0.4) is 0 Å². The number of nitrogens with zero attached hydrogens (tertiary/aromatic N) is 4. The third-order valence-corrected chi connectivity index (χ3v) is 9.35. The lowest BCUT2D eigenvalue weighted by Gasteiger charge is -2.30. The third-order valence-electron chi connectivity index (χ3n) is 7.00. The largest absolute Gasteiger partial charge is 0.488 e. The van der Waals surface area contributed by atoms with Crippen LogP contribution in [-0.2, 0) is 14.6 Å². The maximum Gasteiger partial charge on any atom is 0.229 e. The number of rotatable bonds is 11. The van der Waals surface area contributed by atoms with Crippen LogP contribution in [0, 0.1) is 6.92 Å². The highest BCUT2D eigenvalue weighted by molar-refractivity contribution is 7.95. The molecule has 1 aliphatic heterocycles. The van der Waals surface area contributed by atoms with Crippen LogP contribution in [0.4, 0.5) is 17.5 Å². The van der Waals surface area contributed by atoms with Crippen molar-refractivity contribution in [3.05, 3.63) is 45.2 Å². The van der Waals surface area contributed by atoms with Crippen LogP contribution >= 0.6 is 11.6 Å². The third kappa shape index (κ3) is 6.84. The van der Waals surface area contributed by atoms with Gasteiger partial charge < -0.3 is 26.0 Å². The second-order valence-electron chi connectivity index (χ2n) is 10.3. The molecular weight excluding hydrogens is 554 g/mol. The zero-order valence-corrected chi connectivity index (χ0v) is 24.7. The number of piperidine rings is 1. The number of likely N-dealkylation sites (tertiary alicyclic amines) is 1. The molecule has 0 radical (unpaired) electrons. The molecule has 40 heavy (non-hydrogen) atoms. The van der Waals surface area contributed by atoms with E-state index < -0.39 is 15.1 Å². The summed E-state index contributed by atoms with van der Waals surface area (Å²) in [6.07, 6.45) is 7.61. The average Bonchev–Trinajstić information content (AvgIpc) is 3.75. The molecule has 0 atom stereocenters. The number of halogens is 1. The number of benzene rings is 1. The van der Waals surface area contributed by atoms with Crippen LogP contribution < -0.4 is 21.1 Å². The highest BCUT2D eigenvalue weighted by Gasteiger charge is 2.28. The molecule has 0 unspecified atom stereocenters. The van der Waals surface area contributed by atoms with Gasteiger partial charge in [-0.05, 0) is 75.6 Å². The molecule has 13 heteroatoms. The molecule has 1 saturated heterocycles. The highest BCUT2D eigenvalue weighted by atomic mass is 35.5. The summed E-state index contributed by atoms with van der Waals surface area (Å²) in [5.74, 6) is 1.44. The number of hydrogen-bond donors (Lipinski definition) is 3. The zero-order chi connectivity index (χ0) is 29.0. The molecule has 4 N–H and O–H groups in total. The number of carbonyl (C=O) groups excluding carboxylic acids is 1. The number of aliphatic imine (C=N–C) groups is 1. The van der Waals surface area contributed by atoms with Crippen molar-refractivity contribution in [3.63, 3.8) is 0 Å². The number of aryl methyl sites for hydroxylation is 1. The number of aromatic nitrogens is 2. The number of allylic oxidation sites excluding steroid dienone is 1. The fraction of sp³-hybridized carbons (Fsp3) is 0.481. The highest BCUT2D eigenvalue weighted by Crippen LogP contribution is 2.40. The molecule has 1 saturated carbocycles. The van der Waals surface area contributed by atoms with Gasteiger partial charge in [0.2, 0.25) is 12.4 Å². The van der Waals surface area contributed by atoms with Crippen molar-refractivity contribution in [2.24, 2.45) is 10.7 Å². The number of anilines is 3. The standard InChI is InChI=1S/C27H36ClN7O4S/c1-16(2)40(37,38)25(29)23(14-30-4)32-26-21(28)13-31-27(34-26)33-22-11-17(3)20(12-24(22)39-19-5-6-19)18-7-9-35(15-36)10-8-18/h11-16,18-19H,5-10,29H2,1-4H3,(H2,31,32,33,34). The van der Waals surface area contributed by atoms with E-state index in [1.54, 1.807) is 13.8 Å². The quantitative estimate of drug-likeness (QED) is 0.259. The van der Waals surface area contributed by atoms with Crippen molar-refractivity contribution in [3.8, 4) is 5.75 Å². The van der Waals surface area contributed by atoms with Crippen molar-refractivity contribution in [2.45, 2.75) is 63.7 Å². The summed E-state index contributed by atoms with van der Waals surface area (Å²) < 4.78 is 31.6. The molecule has 216 valence electrons. The molecule has 2 aromatic rings. The first-order valence-corrected chi connectivity index (χ1v) is 15.2. The summed E-state index contributed by atoms with van der Waals surface area (Å²) in [6.45, 7) is 6.63. The topological polar surface area (TPSA) is 152 Å². The van der Waals surface area contributed by atoms with Crippen LogP contribution in [0.25, 0.3) is 0 Å². The smallest absolute Gasteiger partial charge is 0.229 e. The summed E-state index contributed by atoms with van der Waals surface area (Å²) in [6, 6.07) is 4.11. The van der Waals surface area contributed by atoms with Gasteiger partial charge in [-0.3, -0.25) is 9.79 Å². The SMILES string of the molecule is CN=CC(Nc1nc(Nc2cc(C)c(C3CCN(C=O)CC3)cc2OC2CC2)ncc1Cl)=C(N)S(=O)(=O)C(C)C. The van der Waals surface area contributed by atoms with Crippen LogP contribution in [-0.4, -0.2) is 67.4 Å². The monoisotopic (exact) mass is 589 g/mol. The van der Waals surface area contributed by atoms with Crippen LogP contribution in [0.15, 0.2) is 34.0 Å². The van der Waals surface area contributed by atoms with E-state index in [9.17, 15) is 13.2 Å². The molecular formula is C27H36ClN7O4S. The number of ether oxygens (including phenoxy) is 1. The Bertz CT molecular complexity index is 1420. The summed E-state index contributed by atoms with van der Waals surface area (Å²) in [5, 5.41) is 5.24. The second kappa shape index (κ2) is 12.4. The van der Waals surface area contributed by atoms with E-state index in [1.165, 1.54) is 25.0 Å².